The molecular weight excluding hydrogens is 232 g/mol. The van der Waals surface area contributed by atoms with Crippen molar-refractivity contribution in [3.63, 3.8) is 0 Å². The maximum atomic E-state index is 5.46. The molecule has 0 amide bonds. The van der Waals surface area contributed by atoms with Gasteiger partial charge < -0.3 is 10.1 Å². The molecule has 0 atom stereocenters. The predicted molar refractivity (Wildman–Crippen MR) is 71.8 cm³/mol. The molecule has 0 aliphatic rings. The van der Waals surface area contributed by atoms with Crippen molar-refractivity contribution in [1.82, 2.24) is 4.98 Å². The SMILES string of the molecule is CCOc1ncccc1NCc1ccc(C)s1. The van der Waals surface area contributed by atoms with Crippen LogP contribution in [0.2, 0.25) is 0 Å². The average Bonchev–Trinajstić information content (AvgIpc) is 2.74. The van der Waals surface area contributed by atoms with Gasteiger partial charge in [-0.1, -0.05) is 0 Å². The van der Waals surface area contributed by atoms with E-state index >= 15 is 0 Å². The Bertz CT molecular complexity index is 482. The lowest BCUT2D eigenvalue weighted by Crippen LogP contribution is -2.02. The number of aromatic nitrogens is 1. The standard InChI is InChI=1S/C13H16N2OS/c1-3-16-13-12(5-4-8-14-13)15-9-11-7-6-10(2)17-11/h4-8,15H,3,9H2,1-2H3. The van der Waals surface area contributed by atoms with Crippen LogP contribution in [0.3, 0.4) is 0 Å². The van der Waals surface area contributed by atoms with Gasteiger partial charge in [-0.25, -0.2) is 4.98 Å². The second kappa shape index (κ2) is 5.68. The van der Waals surface area contributed by atoms with Crippen LogP contribution in [0, 0.1) is 6.92 Å². The number of hydrogen-bond donors (Lipinski definition) is 1. The Morgan fingerprint density at radius 3 is 2.94 bits per heavy atom. The van der Waals surface area contributed by atoms with Crippen molar-refractivity contribution >= 4 is 17.0 Å². The van der Waals surface area contributed by atoms with Gasteiger partial charge in [-0.15, -0.1) is 11.3 Å². The normalized spacial score (nSPS) is 10.2. The average molecular weight is 248 g/mol. The van der Waals surface area contributed by atoms with E-state index in [-0.39, 0.29) is 0 Å². The Labute approximate surface area is 105 Å². The van der Waals surface area contributed by atoms with Gasteiger partial charge in [0.15, 0.2) is 0 Å². The Morgan fingerprint density at radius 2 is 2.24 bits per heavy atom. The maximum Gasteiger partial charge on any atom is 0.237 e. The van der Waals surface area contributed by atoms with Crippen molar-refractivity contribution in [2.24, 2.45) is 0 Å². The third-order valence-electron chi connectivity index (χ3n) is 2.30. The van der Waals surface area contributed by atoms with Crippen molar-refractivity contribution in [3.8, 4) is 5.88 Å². The highest BCUT2D eigenvalue weighted by molar-refractivity contribution is 7.11. The van der Waals surface area contributed by atoms with Crippen LogP contribution in [-0.2, 0) is 6.54 Å². The summed E-state index contributed by atoms with van der Waals surface area (Å²) in [6.07, 6.45) is 1.74. The van der Waals surface area contributed by atoms with Gasteiger partial charge in [-0.3, -0.25) is 0 Å². The summed E-state index contributed by atoms with van der Waals surface area (Å²) in [7, 11) is 0. The number of nitrogens with one attached hydrogen (secondary N) is 1. The van der Waals surface area contributed by atoms with Gasteiger partial charge in [0.25, 0.3) is 0 Å². The summed E-state index contributed by atoms with van der Waals surface area (Å²) in [5.41, 5.74) is 0.945. The smallest absolute Gasteiger partial charge is 0.237 e. The molecule has 0 spiro atoms. The van der Waals surface area contributed by atoms with Crippen LogP contribution in [-0.4, -0.2) is 11.6 Å². The molecule has 0 radical (unpaired) electrons. The zero-order valence-electron chi connectivity index (χ0n) is 10.1. The number of ether oxygens (including phenoxy) is 1. The van der Waals surface area contributed by atoms with Crippen LogP contribution in [0.25, 0.3) is 0 Å². The van der Waals surface area contributed by atoms with Gasteiger partial charge in [0.05, 0.1) is 12.3 Å². The predicted octanol–water partition coefficient (Wildman–Crippen LogP) is 3.46. The van der Waals surface area contributed by atoms with E-state index in [1.165, 1.54) is 9.75 Å². The third kappa shape index (κ3) is 3.20. The molecular formula is C13H16N2OS. The minimum absolute atomic E-state index is 0.629. The van der Waals surface area contributed by atoms with Crippen LogP contribution >= 0.6 is 11.3 Å². The molecule has 90 valence electrons. The van der Waals surface area contributed by atoms with E-state index in [1.807, 2.05) is 19.1 Å². The molecule has 2 rings (SSSR count). The zero-order chi connectivity index (χ0) is 12.1. The maximum absolute atomic E-state index is 5.46. The monoisotopic (exact) mass is 248 g/mol. The summed E-state index contributed by atoms with van der Waals surface area (Å²) in [6, 6.07) is 8.17. The minimum atomic E-state index is 0.629. The molecule has 3 nitrogen and oxygen atoms in total. The van der Waals surface area contributed by atoms with Crippen LogP contribution in [0.5, 0.6) is 5.88 Å². The molecule has 0 aliphatic carbocycles. The molecule has 1 N–H and O–H groups in total. The Kier molecular flexibility index (Phi) is 3.98. The highest BCUT2D eigenvalue weighted by Gasteiger charge is 2.04. The second-order valence-electron chi connectivity index (χ2n) is 3.66. The van der Waals surface area contributed by atoms with Crippen LogP contribution in [0.1, 0.15) is 16.7 Å². The molecule has 0 aliphatic heterocycles. The van der Waals surface area contributed by atoms with E-state index in [0.29, 0.717) is 12.5 Å². The number of hydrogen-bond acceptors (Lipinski definition) is 4. The lowest BCUT2D eigenvalue weighted by molar-refractivity contribution is 0.328. The van der Waals surface area contributed by atoms with Crippen LogP contribution < -0.4 is 10.1 Å². The second-order valence-corrected chi connectivity index (χ2v) is 5.03. The lowest BCUT2D eigenvalue weighted by Gasteiger charge is -2.09. The van der Waals surface area contributed by atoms with E-state index in [9.17, 15) is 0 Å². The number of thiophene rings is 1. The molecule has 0 fully saturated rings. The number of nitrogens with zero attached hydrogens (tertiary/aromatic N) is 1. The molecule has 0 aromatic carbocycles. The van der Waals surface area contributed by atoms with E-state index in [0.717, 1.165) is 12.2 Å². The molecule has 0 unspecified atom stereocenters. The number of anilines is 1. The van der Waals surface area contributed by atoms with Gasteiger partial charge >= 0.3 is 0 Å². The summed E-state index contributed by atoms with van der Waals surface area (Å²) >= 11 is 1.80. The molecule has 0 saturated carbocycles. The third-order valence-corrected chi connectivity index (χ3v) is 3.30. The van der Waals surface area contributed by atoms with E-state index in [4.69, 9.17) is 4.74 Å². The minimum Gasteiger partial charge on any atom is -0.476 e. The largest absolute Gasteiger partial charge is 0.476 e. The van der Waals surface area contributed by atoms with Crippen molar-refractivity contribution in [1.29, 1.82) is 0 Å². The van der Waals surface area contributed by atoms with Gasteiger partial charge in [0.1, 0.15) is 0 Å². The molecule has 17 heavy (non-hydrogen) atoms. The van der Waals surface area contributed by atoms with E-state index < -0.39 is 0 Å². The zero-order valence-corrected chi connectivity index (χ0v) is 10.9. The fourth-order valence-electron chi connectivity index (χ4n) is 1.54. The molecule has 2 aromatic heterocycles. The van der Waals surface area contributed by atoms with Gasteiger partial charge in [0.2, 0.25) is 5.88 Å². The van der Waals surface area contributed by atoms with Crippen molar-refractivity contribution in [2.45, 2.75) is 20.4 Å². The first-order valence-electron chi connectivity index (χ1n) is 5.66. The van der Waals surface area contributed by atoms with E-state index in [2.05, 4.69) is 29.4 Å². The summed E-state index contributed by atoms with van der Waals surface area (Å²) in [5, 5.41) is 3.35. The van der Waals surface area contributed by atoms with Crippen LogP contribution in [0.4, 0.5) is 5.69 Å². The Hall–Kier alpha value is -1.55. The van der Waals surface area contributed by atoms with Crippen molar-refractivity contribution < 1.29 is 4.74 Å². The quantitative estimate of drug-likeness (QED) is 0.879. The first-order chi connectivity index (χ1) is 8.29. The first kappa shape index (κ1) is 11.9. The topological polar surface area (TPSA) is 34.1 Å². The Morgan fingerprint density at radius 1 is 1.35 bits per heavy atom. The summed E-state index contributed by atoms with van der Waals surface area (Å²) < 4.78 is 5.46. The summed E-state index contributed by atoms with van der Waals surface area (Å²) in [5.74, 6) is 0.670. The summed E-state index contributed by atoms with van der Waals surface area (Å²) in [6.45, 7) is 5.51. The molecule has 0 saturated heterocycles. The van der Waals surface area contributed by atoms with Gasteiger partial charge in [-0.2, -0.15) is 0 Å². The van der Waals surface area contributed by atoms with Gasteiger partial charge in [-0.05, 0) is 38.1 Å². The highest BCUT2D eigenvalue weighted by atomic mass is 32.1. The van der Waals surface area contributed by atoms with Crippen molar-refractivity contribution in [2.75, 3.05) is 11.9 Å². The number of pyridine rings is 1. The first-order valence-corrected chi connectivity index (χ1v) is 6.48. The van der Waals surface area contributed by atoms with Crippen LogP contribution in [0.15, 0.2) is 30.5 Å². The number of rotatable bonds is 5. The van der Waals surface area contributed by atoms with Gasteiger partial charge in [0, 0.05) is 22.5 Å². The highest BCUT2D eigenvalue weighted by Crippen LogP contribution is 2.22. The summed E-state index contributed by atoms with van der Waals surface area (Å²) in [4.78, 5) is 6.85. The molecule has 2 aromatic rings. The fraction of sp³-hybridized carbons (Fsp3) is 0.308. The lowest BCUT2D eigenvalue weighted by atomic mass is 10.3. The van der Waals surface area contributed by atoms with E-state index in [1.54, 1.807) is 17.5 Å². The number of aryl methyl sites for hydroxylation is 1. The molecule has 4 heteroatoms. The molecule has 2 heterocycles. The Balaban J connectivity index is 2.03. The fourth-order valence-corrected chi connectivity index (χ4v) is 2.37. The van der Waals surface area contributed by atoms with Crippen molar-refractivity contribution in [3.05, 3.63) is 40.2 Å². The molecule has 0 bridgehead atoms.